The van der Waals surface area contributed by atoms with Crippen molar-refractivity contribution in [2.24, 2.45) is 5.92 Å². The monoisotopic (exact) mass is 126 g/mol. The van der Waals surface area contributed by atoms with E-state index in [1.54, 1.807) is 0 Å². The van der Waals surface area contributed by atoms with Crippen LogP contribution in [0.5, 0.6) is 0 Å². The van der Waals surface area contributed by atoms with Gasteiger partial charge in [-0.25, -0.2) is 0 Å². The third-order valence-electron chi connectivity index (χ3n) is 1.29. The van der Waals surface area contributed by atoms with Crippen molar-refractivity contribution in [1.82, 2.24) is 0 Å². The van der Waals surface area contributed by atoms with Crippen molar-refractivity contribution in [2.75, 3.05) is 0 Å². The highest BCUT2D eigenvalue weighted by Crippen LogP contribution is 2.16. The average Bonchev–Trinajstić information content (AvgIpc) is 1.77. The largest absolute Gasteiger partial charge is 0.144 e. The molecule has 0 nitrogen and oxygen atoms in total. The molecule has 0 bridgehead atoms. The predicted octanol–water partition coefficient (Wildman–Crippen LogP) is 2.40. The van der Waals surface area contributed by atoms with E-state index in [4.69, 9.17) is 0 Å². The molecule has 1 aliphatic carbocycles. The van der Waals surface area contributed by atoms with E-state index in [-0.39, 0.29) is 0 Å². The number of hydrogen-bond acceptors (Lipinski definition) is 1. The fourth-order valence-electron chi connectivity index (χ4n) is 0.716. The van der Waals surface area contributed by atoms with Crippen molar-refractivity contribution < 1.29 is 0 Å². The van der Waals surface area contributed by atoms with E-state index in [0.717, 1.165) is 11.3 Å². The lowest BCUT2D eigenvalue weighted by Crippen LogP contribution is -1.90. The number of hydrogen-bond donors (Lipinski definition) is 1. The second-order valence-corrected chi connectivity index (χ2v) is 2.72. The molecular formula is C7H10S. The van der Waals surface area contributed by atoms with Gasteiger partial charge in [-0.05, 0) is 17.2 Å². The van der Waals surface area contributed by atoms with Crippen LogP contribution in [0, 0.1) is 5.92 Å². The van der Waals surface area contributed by atoms with E-state index in [1.165, 1.54) is 0 Å². The van der Waals surface area contributed by atoms with Gasteiger partial charge in [-0.15, -0.1) is 12.6 Å². The molecule has 1 atom stereocenters. The third-order valence-corrected chi connectivity index (χ3v) is 1.63. The lowest BCUT2D eigenvalue weighted by Gasteiger charge is -2.06. The van der Waals surface area contributed by atoms with E-state index in [0.29, 0.717) is 5.92 Å². The Kier molecular flexibility index (Phi) is 1.79. The first-order valence-corrected chi connectivity index (χ1v) is 3.31. The zero-order valence-corrected chi connectivity index (χ0v) is 5.86. The number of thiol groups is 1. The van der Waals surface area contributed by atoms with Gasteiger partial charge >= 0.3 is 0 Å². The quantitative estimate of drug-likeness (QED) is 0.473. The highest BCUT2D eigenvalue weighted by atomic mass is 32.1. The molecule has 0 radical (unpaired) electrons. The van der Waals surface area contributed by atoms with Crippen LogP contribution in [0.3, 0.4) is 0 Å². The van der Waals surface area contributed by atoms with Gasteiger partial charge in [-0.2, -0.15) is 0 Å². The standard InChI is InChI=1S/C7H10S/c1-6-2-4-7(8)5-3-6/h2,4-6,8H,3H2,1H3/t6-/m1/s1. The lowest BCUT2D eigenvalue weighted by molar-refractivity contribution is 0.735. The Labute approximate surface area is 55.7 Å². The molecule has 8 heavy (non-hydrogen) atoms. The van der Waals surface area contributed by atoms with Crippen molar-refractivity contribution in [3.8, 4) is 0 Å². The molecule has 0 heterocycles. The molecule has 1 rings (SSSR count). The van der Waals surface area contributed by atoms with Crippen molar-refractivity contribution in [2.45, 2.75) is 13.3 Å². The van der Waals surface area contributed by atoms with Crippen LogP contribution >= 0.6 is 12.6 Å². The van der Waals surface area contributed by atoms with Gasteiger partial charge in [0.05, 0.1) is 0 Å². The third kappa shape index (κ3) is 1.41. The Bertz CT molecular complexity index is 133. The minimum absolute atomic E-state index is 0.714. The van der Waals surface area contributed by atoms with Gasteiger partial charge in [0.2, 0.25) is 0 Å². The van der Waals surface area contributed by atoms with Gasteiger partial charge in [-0.3, -0.25) is 0 Å². The summed E-state index contributed by atoms with van der Waals surface area (Å²) < 4.78 is 0. The summed E-state index contributed by atoms with van der Waals surface area (Å²) in [7, 11) is 0. The molecule has 1 aliphatic rings. The van der Waals surface area contributed by atoms with Crippen LogP contribution in [0.1, 0.15) is 13.3 Å². The first kappa shape index (κ1) is 5.96. The molecule has 1 heteroatoms. The van der Waals surface area contributed by atoms with Crippen LogP contribution in [0.25, 0.3) is 0 Å². The van der Waals surface area contributed by atoms with Crippen LogP contribution in [0.15, 0.2) is 23.1 Å². The fraction of sp³-hybridized carbons (Fsp3) is 0.429. The van der Waals surface area contributed by atoms with Crippen LogP contribution in [0.4, 0.5) is 0 Å². The van der Waals surface area contributed by atoms with Crippen molar-refractivity contribution in [3.63, 3.8) is 0 Å². The average molecular weight is 126 g/mol. The van der Waals surface area contributed by atoms with Gasteiger partial charge < -0.3 is 0 Å². The summed E-state index contributed by atoms with van der Waals surface area (Å²) in [5, 5.41) is 0. The van der Waals surface area contributed by atoms with E-state index in [9.17, 15) is 0 Å². The number of allylic oxidation sites excluding steroid dienone is 3. The molecule has 0 aromatic heterocycles. The normalized spacial score (nSPS) is 27.8. The Morgan fingerprint density at radius 2 is 2.50 bits per heavy atom. The summed E-state index contributed by atoms with van der Waals surface area (Å²) in [6.45, 7) is 2.20. The maximum absolute atomic E-state index is 4.18. The minimum atomic E-state index is 0.714. The second-order valence-electron chi connectivity index (χ2n) is 2.20. The summed E-state index contributed by atoms with van der Waals surface area (Å²) in [6.07, 6.45) is 7.53. The molecule has 0 fully saturated rings. The lowest BCUT2D eigenvalue weighted by atomic mass is 10.0. The van der Waals surface area contributed by atoms with Crippen molar-refractivity contribution in [3.05, 3.63) is 23.1 Å². The van der Waals surface area contributed by atoms with E-state index in [2.05, 4.69) is 37.8 Å². The van der Waals surface area contributed by atoms with E-state index in [1.807, 2.05) is 0 Å². The minimum Gasteiger partial charge on any atom is -0.144 e. The van der Waals surface area contributed by atoms with E-state index >= 15 is 0 Å². The fourth-order valence-corrected chi connectivity index (χ4v) is 0.908. The maximum atomic E-state index is 4.18. The van der Waals surface area contributed by atoms with Crippen LogP contribution < -0.4 is 0 Å². The second kappa shape index (κ2) is 2.40. The molecule has 0 amide bonds. The maximum Gasteiger partial charge on any atom is -0.000285 e. The molecule has 0 saturated heterocycles. The molecule has 44 valence electrons. The number of rotatable bonds is 0. The van der Waals surface area contributed by atoms with Crippen molar-refractivity contribution in [1.29, 1.82) is 0 Å². The summed E-state index contributed by atoms with van der Waals surface area (Å²) in [5.74, 6) is 0.714. The molecule has 0 unspecified atom stereocenters. The molecule has 0 spiro atoms. The van der Waals surface area contributed by atoms with Crippen LogP contribution in [0.2, 0.25) is 0 Å². The van der Waals surface area contributed by atoms with Gasteiger partial charge in [-0.1, -0.05) is 25.2 Å². The van der Waals surface area contributed by atoms with Crippen molar-refractivity contribution >= 4 is 12.6 Å². The summed E-state index contributed by atoms with van der Waals surface area (Å²) in [6, 6.07) is 0. The highest BCUT2D eigenvalue weighted by Gasteiger charge is 1.98. The Morgan fingerprint density at radius 3 is 2.88 bits per heavy atom. The molecule has 0 aromatic carbocycles. The zero-order valence-electron chi connectivity index (χ0n) is 4.96. The first-order chi connectivity index (χ1) is 3.79. The zero-order chi connectivity index (χ0) is 5.98. The predicted molar refractivity (Wildman–Crippen MR) is 40.0 cm³/mol. The summed E-state index contributed by atoms with van der Waals surface area (Å²) in [4.78, 5) is 1.10. The first-order valence-electron chi connectivity index (χ1n) is 2.86. The molecule has 0 aromatic rings. The van der Waals surface area contributed by atoms with Gasteiger partial charge in [0.25, 0.3) is 0 Å². The Hall–Kier alpha value is -0.170. The topological polar surface area (TPSA) is 0 Å². The SMILES string of the molecule is C[C@@H]1C=CC(S)=CC1. The Morgan fingerprint density at radius 1 is 1.75 bits per heavy atom. The van der Waals surface area contributed by atoms with Gasteiger partial charge in [0, 0.05) is 0 Å². The molecular weight excluding hydrogens is 116 g/mol. The Balaban J connectivity index is 2.58. The van der Waals surface area contributed by atoms with Gasteiger partial charge in [0.1, 0.15) is 0 Å². The highest BCUT2D eigenvalue weighted by molar-refractivity contribution is 7.84. The molecule has 0 N–H and O–H groups in total. The summed E-state index contributed by atoms with van der Waals surface area (Å²) >= 11 is 4.18. The summed E-state index contributed by atoms with van der Waals surface area (Å²) in [5.41, 5.74) is 0. The smallest absolute Gasteiger partial charge is 0.000285 e. The molecule has 0 saturated carbocycles. The van der Waals surface area contributed by atoms with E-state index < -0.39 is 0 Å². The van der Waals surface area contributed by atoms with Crippen LogP contribution in [-0.4, -0.2) is 0 Å². The molecule has 0 aliphatic heterocycles. The van der Waals surface area contributed by atoms with Gasteiger partial charge in [0.15, 0.2) is 0 Å². The van der Waals surface area contributed by atoms with Crippen LogP contribution in [-0.2, 0) is 0 Å².